The van der Waals surface area contributed by atoms with E-state index in [9.17, 15) is 14.7 Å². The molecule has 2 aromatic carbocycles. The largest absolute Gasteiger partial charge is 0.405 e. The van der Waals surface area contributed by atoms with Gasteiger partial charge in [0.15, 0.2) is 12.5 Å². The molecular formula is C27H32N2O7Si. The van der Waals surface area contributed by atoms with Crippen LogP contribution in [0.25, 0.3) is 0 Å². The van der Waals surface area contributed by atoms with E-state index in [1.54, 1.807) is 0 Å². The molecular weight excluding hydrogens is 492 g/mol. The summed E-state index contributed by atoms with van der Waals surface area (Å²) in [5, 5.41) is 12.1. The molecule has 2 fully saturated rings. The summed E-state index contributed by atoms with van der Waals surface area (Å²) in [5.74, 6) is 0. The number of hydrogen-bond acceptors (Lipinski definition) is 7. The second-order valence-electron chi connectivity index (χ2n) is 10.4. The van der Waals surface area contributed by atoms with Gasteiger partial charge < -0.3 is 23.7 Å². The smallest absolute Gasteiger partial charge is 0.330 e. The number of aliphatic hydroxyl groups excluding tert-OH is 1. The minimum absolute atomic E-state index is 0.0204. The van der Waals surface area contributed by atoms with Crippen molar-refractivity contribution in [2.45, 2.75) is 56.6 Å². The van der Waals surface area contributed by atoms with Gasteiger partial charge in [-0.3, -0.25) is 14.3 Å². The number of aromatic nitrogens is 2. The Morgan fingerprint density at radius 2 is 1.59 bits per heavy atom. The first-order valence-electron chi connectivity index (χ1n) is 12.4. The molecule has 2 aliphatic heterocycles. The van der Waals surface area contributed by atoms with Crippen LogP contribution in [0.3, 0.4) is 0 Å². The summed E-state index contributed by atoms with van der Waals surface area (Å²) in [6, 6.07) is 21.8. The number of nitrogens with zero attached hydrogens (tertiary/aromatic N) is 1. The van der Waals surface area contributed by atoms with Crippen LogP contribution >= 0.6 is 0 Å². The highest BCUT2D eigenvalue weighted by Gasteiger charge is 2.54. The molecule has 0 amide bonds. The number of fused-ring (bicyclic) bond motifs is 1. The SMILES string of the molecule is CC(C)(C)[Si](OC[C@H]1O[C@@H](n2ccc(=O)[nH]c2=O)[C@@H]2OC(O)CO[C@@H]21)(c1ccccc1)c1ccccc1. The number of rotatable bonds is 6. The average molecular weight is 525 g/mol. The van der Waals surface area contributed by atoms with E-state index >= 15 is 0 Å². The number of ether oxygens (including phenoxy) is 3. The van der Waals surface area contributed by atoms with Gasteiger partial charge in [0.2, 0.25) is 0 Å². The quantitative estimate of drug-likeness (QED) is 0.465. The molecule has 2 N–H and O–H groups in total. The molecule has 1 unspecified atom stereocenters. The van der Waals surface area contributed by atoms with Crippen LogP contribution in [0, 0.1) is 0 Å². The van der Waals surface area contributed by atoms with Gasteiger partial charge >= 0.3 is 5.69 Å². The highest BCUT2D eigenvalue weighted by molar-refractivity contribution is 6.99. The zero-order chi connectivity index (χ0) is 26.2. The van der Waals surface area contributed by atoms with Crippen LogP contribution in [0.5, 0.6) is 0 Å². The Kier molecular flexibility index (Phi) is 7.05. The molecule has 3 aromatic rings. The Bertz CT molecular complexity index is 1280. The highest BCUT2D eigenvalue weighted by Crippen LogP contribution is 2.40. The monoisotopic (exact) mass is 524 g/mol. The summed E-state index contributed by atoms with van der Waals surface area (Å²) in [6.45, 7) is 6.74. The van der Waals surface area contributed by atoms with E-state index in [1.807, 2.05) is 36.4 Å². The third kappa shape index (κ3) is 4.76. The zero-order valence-corrected chi connectivity index (χ0v) is 22.1. The van der Waals surface area contributed by atoms with Crippen LogP contribution in [0.4, 0.5) is 0 Å². The maximum Gasteiger partial charge on any atom is 0.330 e. The molecule has 1 aromatic heterocycles. The number of H-pyrrole nitrogens is 1. The van der Waals surface area contributed by atoms with Crippen molar-refractivity contribution in [3.05, 3.63) is 93.8 Å². The van der Waals surface area contributed by atoms with Gasteiger partial charge in [-0.2, -0.15) is 0 Å². The standard InChI is InChI=1S/C27H32N2O7Si/c1-27(2,3)37(18-10-6-4-7-11-18,19-12-8-5-9-13-19)34-16-20-23-24(36-22(31)17-33-23)25(35-20)29-15-14-21(30)28-26(29)32/h4-15,20,22-25,31H,16-17H2,1-3H3,(H,28,30,32)/t20-,22?,23-,24-,25-/m1/s1. The Balaban J connectivity index is 1.51. The summed E-state index contributed by atoms with van der Waals surface area (Å²) >= 11 is 0. The van der Waals surface area contributed by atoms with Crippen LogP contribution in [-0.2, 0) is 18.6 Å². The van der Waals surface area contributed by atoms with Crippen molar-refractivity contribution in [2.24, 2.45) is 0 Å². The first-order chi connectivity index (χ1) is 17.7. The van der Waals surface area contributed by atoms with Gasteiger partial charge in [-0.15, -0.1) is 0 Å². The molecule has 2 saturated heterocycles. The summed E-state index contributed by atoms with van der Waals surface area (Å²) < 4.78 is 26.3. The van der Waals surface area contributed by atoms with Crippen molar-refractivity contribution >= 4 is 18.7 Å². The number of benzene rings is 2. The topological polar surface area (TPSA) is 112 Å². The third-order valence-corrected chi connectivity index (χ3v) is 12.0. The molecule has 0 saturated carbocycles. The first kappa shape index (κ1) is 25.8. The average Bonchev–Trinajstić information content (AvgIpc) is 3.22. The predicted octanol–water partition coefficient (Wildman–Crippen LogP) is 1.11. The van der Waals surface area contributed by atoms with Gasteiger partial charge in [0.1, 0.15) is 18.3 Å². The molecule has 9 nitrogen and oxygen atoms in total. The van der Waals surface area contributed by atoms with E-state index in [4.69, 9.17) is 18.6 Å². The maximum absolute atomic E-state index is 12.6. The van der Waals surface area contributed by atoms with Gasteiger partial charge in [0, 0.05) is 12.3 Å². The fourth-order valence-electron chi connectivity index (χ4n) is 5.42. The van der Waals surface area contributed by atoms with Gasteiger partial charge in [-0.05, 0) is 15.4 Å². The maximum atomic E-state index is 12.6. The van der Waals surface area contributed by atoms with Crippen molar-refractivity contribution in [3.63, 3.8) is 0 Å². The summed E-state index contributed by atoms with van der Waals surface area (Å²) in [5.41, 5.74) is -1.14. The van der Waals surface area contributed by atoms with Gasteiger partial charge in [-0.25, -0.2) is 4.79 Å². The molecule has 0 spiro atoms. The Morgan fingerprint density at radius 1 is 0.973 bits per heavy atom. The molecule has 10 heteroatoms. The second kappa shape index (κ2) is 10.1. The number of nitrogens with one attached hydrogen (secondary N) is 1. The normalized spacial score (nSPS) is 26.1. The van der Waals surface area contributed by atoms with E-state index in [1.165, 1.54) is 16.8 Å². The zero-order valence-electron chi connectivity index (χ0n) is 21.1. The molecule has 5 atom stereocenters. The molecule has 196 valence electrons. The first-order valence-corrected chi connectivity index (χ1v) is 14.3. The lowest BCUT2D eigenvalue weighted by atomic mass is 10.1. The lowest BCUT2D eigenvalue weighted by Crippen LogP contribution is -2.67. The number of aliphatic hydroxyl groups is 1. The Morgan fingerprint density at radius 3 is 2.16 bits per heavy atom. The fraction of sp³-hybridized carbons (Fsp3) is 0.407. The van der Waals surface area contributed by atoms with Gasteiger partial charge in [-0.1, -0.05) is 81.4 Å². The van der Waals surface area contributed by atoms with Crippen LogP contribution in [0.1, 0.15) is 27.0 Å². The van der Waals surface area contributed by atoms with Crippen molar-refractivity contribution < 1.29 is 23.7 Å². The highest BCUT2D eigenvalue weighted by atomic mass is 28.4. The fourth-order valence-corrected chi connectivity index (χ4v) is 9.99. The van der Waals surface area contributed by atoms with Gasteiger partial charge in [0.05, 0.1) is 13.2 Å². The number of hydrogen-bond donors (Lipinski definition) is 2. The minimum atomic E-state index is -2.85. The van der Waals surface area contributed by atoms with E-state index in [-0.39, 0.29) is 18.3 Å². The minimum Gasteiger partial charge on any atom is -0.405 e. The van der Waals surface area contributed by atoms with Crippen LogP contribution in [0.2, 0.25) is 5.04 Å². The predicted molar refractivity (Wildman–Crippen MR) is 139 cm³/mol. The van der Waals surface area contributed by atoms with Crippen molar-refractivity contribution in [1.29, 1.82) is 0 Å². The van der Waals surface area contributed by atoms with E-state index < -0.39 is 50.4 Å². The third-order valence-electron chi connectivity index (χ3n) is 7.04. The second-order valence-corrected chi connectivity index (χ2v) is 14.7. The molecule has 0 bridgehead atoms. The van der Waals surface area contributed by atoms with Crippen molar-refractivity contribution in [3.8, 4) is 0 Å². The molecule has 37 heavy (non-hydrogen) atoms. The van der Waals surface area contributed by atoms with E-state index in [2.05, 4.69) is 50.0 Å². The molecule has 5 rings (SSSR count). The van der Waals surface area contributed by atoms with Crippen molar-refractivity contribution in [1.82, 2.24) is 9.55 Å². The van der Waals surface area contributed by atoms with E-state index in [0.717, 1.165) is 10.4 Å². The molecule has 2 aliphatic rings. The molecule has 3 heterocycles. The lowest BCUT2D eigenvalue weighted by Gasteiger charge is -2.43. The van der Waals surface area contributed by atoms with Crippen molar-refractivity contribution in [2.75, 3.05) is 13.2 Å². The summed E-state index contributed by atoms with van der Waals surface area (Å²) in [4.78, 5) is 26.4. The molecule has 0 radical (unpaired) electrons. The Hall–Kier alpha value is -2.86. The summed E-state index contributed by atoms with van der Waals surface area (Å²) in [6.07, 6.45) is -2.62. The summed E-state index contributed by atoms with van der Waals surface area (Å²) in [7, 11) is -2.85. The van der Waals surface area contributed by atoms with E-state index in [0.29, 0.717) is 0 Å². The van der Waals surface area contributed by atoms with Crippen LogP contribution in [-0.4, -0.2) is 60.8 Å². The molecule has 0 aliphatic carbocycles. The lowest BCUT2D eigenvalue weighted by molar-refractivity contribution is -0.250. The van der Waals surface area contributed by atoms with Crippen LogP contribution < -0.4 is 21.6 Å². The number of aromatic amines is 1. The van der Waals surface area contributed by atoms with Gasteiger partial charge in [0.25, 0.3) is 13.9 Å². The Labute approximate surface area is 215 Å². The van der Waals surface area contributed by atoms with Crippen LogP contribution in [0.15, 0.2) is 82.5 Å².